The second-order valence-corrected chi connectivity index (χ2v) is 10.6. The lowest BCUT2D eigenvalue weighted by Gasteiger charge is -2.49. The van der Waals surface area contributed by atoms with E-state index in [1.165, 1.54) is 18.7 Å². The van der Waals surface area contributed by atoms with Gasteiger partial charge in [-0.25, -0.2) is 28.8 Å². The van der Waals surface area contributed by atoms with Crippen molar-refractivity contribution in [3.8, 4) is 11.5 Å². The summed E-state index contributed by atoms with van der Waals surface area (Å²) in [5, 5.41) is 7.21. The van der Waals surface area contributed by atoms with Gasteiger partial charge in [-0.1, -0.05) is 6.58 Å². The molecule has 4 aromatic heterocycles. The van der Waals surface area contributed by atoms with Gasteiger partial charge in [-0.3, -0.25) is 4.79 Å². The first kappa shape index (κ1) is 25.1. The van der Waals surface area contributed by atoms with Gasteiger partial charge >= 0.3 is 0 Å². The van der Waals surface area contributed by atoms with E-state index in [-0.39, 0.29) is 23.6 Å². The van der Waals surface area contributed by atoms with Gasteiger partial charge in [-0.05, 0) is 68.5 Å². The molecule has 0 radical (unpaired) electrons. The molecule has 3 fully saturated rings. The number of fused-ring (bicyclic) bond motifs is 5. The number of piperidine rings is 2. The van der Waals surface area contributed by atoms with Crippen LogP contribution in [0.3, 0.4) is 0 Å². The van der Waals surface area contributed by atoms with Crippen molar-refractivity contribution in [1.29, 1.82) is 0 Å². The second kappa shape index (κ2) is 9.92. The summed E-state index contributed by atoms with van der Waals surface area (Å²) in [7, 11) is 0. The summed E-state index contributed by atoms with van der Waals surface area (Å²) in [4.78, 5) is 32.2. The molecule has 0 unspecified atom stereocenters. The Kier molecular flexibility index (Phi) is 6.06. The normalized spacial score (nSPS) is 20.0. The first-order valence-corrected chi connectivity index (χ1v) is 13.6. The van der Waals surface area contributed by atoms with Crippen LogP contribution in [-0.4, -0.2) is 52.9 Å². The van der Waals surface area contributed by atoms with E-state index in [1.807, 2.05) is 17.0 Å². The number of aromatic nitrogens is 6. The van der Waals surface area contributed by atoms with Crippen LogP contribution in [0.5, 0.6) is 11.5 Å². The van der Waals surface area contributed by atoms with Crippen LogP contribution in [0.2, 0.25) is 0 Å². The molecule has 3 atom stereocenters. The molecule has 6 heterocycles. The van der Waals surface area contributed by atoms with E-state index >= 15 is 4.39 Å². The highest BCUT2D eigenvalue weighted by molar-refractivity contribution is 5.88. The van der Waals surface area contributed by atoms with Gasteiger partial charge in [-0.15, -0.1) is 0 Å². The Morgan fingerprint density at radius 3 is 2.88 bits per heavy atom. The van der Waals surface area contributed by atoms with Gasteiger partial charge in [0.2, 0.25) is 5.91 Å². The fraction of sp³-hybridized carbons (Fsp3) is 0.267. The van der Waals surface area contributed by atoms with E-state index in [9.17, 15) is 4.79 Å². The lowest BCUT2D eigenvalue weighted by atomic mass is 9.70. The molecule has 10 nitrogen and oxygen atoms in total. The van der Waals surface area contributed by atoms with Crippen molar-refractivity contribution in [2.24, 2.45) is 5.92 Å². The van der Waals surface area contributed by atoms with E-state index in [1.54, 1.807) is 41.9 Å². The van der Waals surface area contributed by atoms with Gasteiger partial charge in [0.05, 0.1) is 11.2 Å². The predicted molar refractivity (Wildman–Crippen MR) is 151 cm³/mol. The maximum Gasteiger partial charge on any atom is 0.246 e. The molecule has 2 bridgehead atoms. The Morgan fingerprint density at radius 1 is 1.15 bits per heavy atom. The molecule has 8 rings (SSSR count). The summed E-state index contributed by atoms with van der Waals surface area (Å²) in [6.45, 7) is 6.03. The predicted octanol–water partition coefficient (Wildman–Crippen LogP) is 5.33. The molecule has 41 heavy (non-hydrogen) atoms. The van der Waals surface area contributed by atoms with E-state index in [0.717, 1.165) is 25.0 Å². The quantitative estimate of drug-likeness (QED) is 0.283. The number of hydrogen-bond acceptors (Lipinski definition) is 8. The molecule has 1 N–H and O–H groups in total. The zero-order chi connectivity index (χ0) is 28.1. The van der Waals surface area contributed by atoms with Crippen molar-refractivity contribution >= 4 is 34.1 Å². The van der Waals surface area contributed by atoms with Crippen LogP contribution in [0.1, 0.15) is 36.4 Å². The number of benzene rings is 1. The van der Waals surface area contributed by atoms with Crippen molar-refractivity contribution in [3.63, 3.8) is 0 Å². The van der Waals surface area contributed by atoms with Crippen LogP contribution in [0.15, 0.2) is 67.9 Å². The second-order valence-electron chi connectivity index (χ2n) is 10.6. The van der Waals surface area contributed by atoms with Crippen molar-refractivity contribution in [3.05, 3.63) is 85.0 Å². The lowest BCUT2D eigenvalue weighted by Crippen LogP contribution is -2.53. The third-order valence-electron chi connectivity index (χ3n) is 8.25. The van der Waals surface area contributed by atoms with Crippen LogP contribution < -0.4 is 10.1 Å². The highest BCUT2D eigenvalue weighted by atomic mass is 19.1. The first-order valence-electron chi connectivity index (χ1n) is 13.6. The monoisotopic (exact) mass is 550 g/mol. The van der Waals surface area contributed by atoms with Gasteiger partial charge in [0.1, 0.15) is 29.7 Å². The van der Waals surface area contributed by atoms with Crippen LogP contribution in [0, 0.1) is 18.7 Å². The topological polar surface area (TPSA) is 110 Å². The molecule has 5 aromatic rings. The summed E-state index contributed by atoms with van der Waals surface area (Å²) < 4.78 is 23.2. The summed E-state index contributed by atoms with van der Waals surface area (Å²) >= 11 is 0. The zero-order valence-electron chi connectivity index (χ0n) is 22.4. The number of nitrogens with zero attached hydrogens (tertiary/aromatic N) is 7. The molecular weight excluding hydrogens is 523 g/mol. The highest BCUT2D eigenvalue weighted by Gasteiger charge is 2.42. The van der Waals surface area contributed by atoms with E-state index in [4.69, 9.17) is 9.72 Å². The Morgan fingerprint density at radius 2 is 2.05 bits per heavy atom. The van der Waals surface area contributed by atoms with E-state index in [0.29, 0.717) is 52.0 Å². The van der Waals surface area contributed by atoms with Crippen molar-refractivity contribution in [1.82, 2.24) is 34.4 Å². The third-order valence-corrected chi connectivity index (χ3v) is 8.25. The van der Waals surface area contributed by atoms with Gasteiger partial charge in [0, 0.05) is 42.0 Å². The van der Waals surface area contributed by atoms with Gasteiger partial charge in [0.25, 0.3) is 0 Å². The first-order chi connectivity index (χ1) is 20.0. The minimum atomic E-state index is -0.453. The summed E-state index contributed by atoms with van der Waals surface area (Å²) in [5.41, 5.74) is 3.41. The molecule has 0 spiro atoms. The number of halogens is 1. The molecule has 1 aromatic carbocycles. The number of rotatable bonds is 6. The fourth-order valence-electron chi connectivity index (χ4n) is 6.11. The number of amides is 1. The number of carbonyl (C=O) groups is 1. The maximum absolute atomic E-state index is 15.6. The van der Waals surface area contributed by atoms with E-state index < -0.39 is 5.82 Å². The summed E-state index contributed by atoms with van der Waals surface area (Å²) in [5.74, 6) is 1.44. The SMILES string of the molecule is C=CC(=O)N1C[C@@H]2CC[C@H]1C[C@H]2c1ccc2ncnc(Nc3ccc(Oc4ccn5ncnc5c4)c(C)c3F)c2n1. The smallest absolute Gasteiger partial charge is 0.246 e. The van der Waals surface area contributed by atoms with Crippen molar-refractivity contribution in [2.75, 3.05) is 11.9 Å². The van der Waals surface area contributed by atoms with E-state index in [2.05, 4.69) is 31.9 Å². The summed E-state index contributed by atoms with van der Waals surface area (Å²) in [6.07, 6.45) is 8.94. The van der Waals surface area contributed by atoms with Gasteiger partial charge in [-0.2, -0.15) is 5.10 Å². The molecule has 1 saturated carbocycles. The number of pyridine rings is 2. The fourth-order valence-corrected chi connectivity index (χ4v) is 6.11. The standard InChI is InChI=1S/C30H27FN8O2/c1-3-27(40)38-14-18-4-5-19(38)12-21(18)22-6-7-24-29(36-22)30(34-15-32-24)37-23-8-9-25(17(2)28(23)31)41-20-10-11-39-26(13-20)33-16-35-39/h3,6-11,13,15-16,18-19,21H,1,4-5,12,14H2,2H3,(H,32,34,37)/t18-,19-,21+/m0/s1. The third kappa shape index (κ3) is 4.43. The van der Waals surface area contributed by atoms with Crippen molar-refractivity contribution < 1.29 is 13.9 Å². The molecule has 206 valence electrons. The lowest BCUT2D eigenvalue weighted by molar-refractivity contribution is -0.134. The van der Waals surface area contributed by atoms with Crippen LogP contribution >= 0.6 is 0 Å². The molecule has 1 aliphatic carbocycles. The number of nitrogens with one attached hydrogen (secondary N) is 1. The Labute approximate surface area is 234 Å². The number of ether oxygens (including phenoxy) is 1. The highest BCUT2D eigenvalue weighted by Crippen LogP contribution is 2.45. The molecule has 1 amide bonds. The zero-order valence-corrected chi connectivity index (χ0v) is 22.4. The van der Waals surface area contributed by atoms with Crippen LogP contribution in [0.4, 0.5) is 15.9 Å². The Bertz CT molecular complexity index is 1820. The maximum atomic E-state index is 15.6. The number of hydrogen-bond donors (Lipinski definition) is 1. The summed E-state index contributed by atoms with van der Waals surface area (Å²) in [6, 6.07) is 11.0. The Balaban J connectivity index is 1.15. The molecule has 3 aliphatic rings. The Hall–Kier alpha value is -4.93. The largest absolute Gasteiger partial charge is 0.457 e. The number of carbonyl (C=O) groups excluding carboxylic acids is 1. The molecule has 2 saturated heterocycles. The average Bonchev–Trinajstić information content (AvgIpc) is 3.48. The minimum absolute atomic E-state index is 0.00497. The van der Waals surface area contributed by atoms with Crippen LogP contribution in [-0.2, 0) is 4.79 Å². The molecular formula is C30H27FN8O2. The molecule has 2 aliphatic heterocycles. The van der Waals surface area contributed by atoms with Crippen molar-refractivity contribution in [2.45, 2.75) is 38.1 Å². The average molecular weight is 551 g/mol. The van der Waals surface area contributed by atoms with Gasteiger partial charge < -0.3 is 15.0 Å². The van der Waals surface area contributed by atoms with Crippen LogP contribution in [0.25, 0.3) is 16.7 Å². The number of anilines is 2. The molecule has 11 heteroatoms. The van der Waals surface area contributed by atoms with Gasteiger partial charge in [0.15, 0.2) is 17.3 Å². The minimum Gasteiger partial charge on any atom is -0.457 e.